The largest absolute Gasteiger partial charge is 0.508 e. The van der Waals surface area contributed by atoms with Crippen molar-refractivity contribution in [2.45, 2.75) is 32.1 Å². The van der Waals surface area contributed by atoms with E-state index in [1.807, 2.05) is 0 Å². The number of carbonyl (C=O) groups excluding carboxylic acids is 1. The first-order valence-corrected chi connectivity index (χ1v) is 5.74. The molecule has 0 spiro atoms. The van der Waals surface area contributed by atoms with E-state index in [0.29, 0.717) is 12.1 Å². The molecule has 0 heterocycles. The van der Waals surface area contributed by atoms with Gasteiger partial charge in [0.15, 0.2) is 0 Å². The molecule has 0 radical (unpaired) electrons. The molecule has 0 aliphatic rings. The summed E-state index contributed by atoms with van der Waals surface area (Å²) in [6, 6.07) is 6.43. The van der Waals surface area contributed by atoms with Gasteiger partial charge >= 0.3 is 0 Å². The molecule has 0 aliphatic heterocycles. The number of unbranched alkanes of at least 4 members (excludes halogenated alkanes) is 3. The minimum Gasteiger partial charge on any atom is -0.508 e. The highest BCUT2D eigenvalue weighted by molar-refractivity contribution is 5.90. The van der Waals surface area contributed by atoms with Gasteiger partial charge in [0, 0.05) is 18.5 Å². The monoisotopic (exact) mass is 231 g/mol. The lowest BCUT2D eigenvalue weighted by Gasteiger charge is -2.04. The maximum Gasteiger partial charge on any atom is 0.224 e. The number of nitrogens with one attached hydrogen (secondary N) is 1. The Balaban J connectivity index is 2.21. The van der Waals surface area contributed by atoms with Crippen LogP contribution in [-0.4, -0.2) is 11.0 Å². The van der Waals surface area contributed by atoms with Gasteiger partial charge < -0.3 is 10.4 Å². The number of carbonyl (C=O) groups is 1. The smallest absolute Gasteiger partial charge is 0.224 e. The Kier molecular flexibility index (Phi) is 5.67. The molecule has 2 N–H and O–H groups in total. The van der Waals surface area contributed by atoms with E-state index in [-0.39, 0.29) is 11.7 Å². The molecule has 17 heavy (non-hydrogen) atoms. The van der Waals surface area contributed by atoms with E-state index in [1.165, 1.54) is 0 Å². The lowest BCUT2D eigenvalue weighted by atomic mass is 10.1. The molecule has 0 aliphatic carbocycles. The van der Waals surface area contributed by atoms with Gasteiger partial charge in [-0.05, 0) is 37.1 Å². The van der Waals surface area contributed by atoms with Crippen molar-refractivity contribution >= 4 is 11.6 Å². The SMILES string of the molecule is C#CCCCCCC(=O)Nc1ccc(O)cc1. The van der Waals surface area contributed by atoms with E-state index >= 15 is 0 Å². The topological polar surface area (TPSA) is 49.3 Å². The molecule has 0 saturated heterocycles. The lowest BCUT2D eigenvalue weighted by Crippen LogP contribution is -2.10. The van der Waals surface area contributed by atoms with E-state index in [4.69, 9.17) is 11.5 Å². The molecule has 1 aromatic carbocycles. The van der Waals surface area contributed by atoms with Gasteiger partial charge in [-0.15, -0.1) is 12.3 Å². The molecule has 0 fully saturated rings. The maximum atomic E-state index is 11.5. The summed E-state index contributed by atoms with van der Waals surface area (Å²) in [5.41, 5.74) is 0.705. The molecule has 1 rings (SSSR count). The molecule has 90 valence electrons. The van der Waals surface area contributed by atoms with E-state index < -0.39 is 0 Å². The Bertz CT molecular complexity index is 390. The summed E-state index contributed by atoms with van der Waals surface area (Å²) in [5.74, 6) is 2.77. The normalized spacial score (nSPS) is 9.59. The van der Waals surface area contributed by atoms with Gasteiger partial charge in [-0.25, -0.2) is 0 Å². The molecule has 0 atom stereocenters. The van der Waals surface area contributed by atoms with Crippen LogP contribution in [0.4, 0.5) is 5.69 Å². The standard InChI is InChI=1S/C14H17NO2/c1-2-3-4-5-6-7-14(17)15-12-8-10-13(16)11-9-12/h1,8-11,16H,3-7H2,(H,15,17). The van der Waals surface area contributed by atoms with Crippen molar-refractivity contribution in [1.29, 1.82) is 0 Å². The predicted molar refractivity (Wildman–Crippen MR) is 68.7 cm³/mol. The van der Waals surface area contributed by atoms with Crippen LogP contribution in [0.1, 0.15) is 32.1 Å². The van der Waals surface area contributed by atoms with Crippen LogP contribution in [0.5, 0.6) is 5.75 Å². The fourth-order valence-corrected chi connectivity index (χ4v) is 1.46. The Morgan fingerprint density at radius 3 is 2.59 bits per heavy atom. The molecule has 0 aromatic heterocycles. The highest BCUT2D eigenvalue weighted by Crippen LogP contribution is 2.14. The van der Waals surface area contributed by atoms with Gasteiger partial charge in [0.05, 0.1) is 0 Å². The third-order valence-electron chi connectivity index (χ3n) is 2.38. The summed E-state index contributed by atoms with van der Waals surface area (Å²) >= 11 is 0. The van der Waals surface area contributed by atoms with Gasteiger partial charge in [0.1, 0.15) is 5.75 Å². The summed E-state index contributed by atoms with van der Waals surface area (Å²) in [4.78, 5) is 11.5. The molecule has 0 unspecified atom stereocenters. The van der Waals surface area contributed by atoms with Crippen LogP contribution in [-0.2, 0) is 4.79 Å². The first-order chi connectivity index (χ1) is 8.22. The molecule has 0 bridgehead atoms. The van der Waals surface area contributed by atoms with Crippen LogP contribution in [0, 0.1) is 12.3 Å². The van der Waals surface area contributed by atoms with Gasteiger partial charge in [-0.3, -0.25) is 4.79 Å². The predicted octanol–water partition coefficient (Wildman–Crippen LogP) is 2.91. The Morgan fingerprint density at radius 1 is 1.24 bits per heavy atom. The molecule has 1 amide bonds. The zero-order chi connectivity index (χ0) is 12.5. The van der Waals surface area contributed by atoms with Crippen molar-refractivity contribution in [3.05, 3.63) is 24.3 Å². The fourth-order valence-electron chi connectivity index (χ4n) is 1.46. The zero-order valence-corrected chi connectivity index (χ0v) is 9.78. The number of aromatic hydroxyl groups is 1. The zero-order valence-electron chi connectivity index (χ0n) is 9.78. The first kappa shape index (κ1) is 13.1. The number of benzene rings is 1. The van der Waals surface area contributed by atoms with Gasteiger partial charge in [-0.2, -0.15) is 0 Å². The van der Waals surface area contributed by atoms with Crippen molar-refractivity contribution in [2.75, 3.05) is 5.32 Å². The van der Waals surface area contributed by atoms with Crippen molar-refractivity contribution in [1.82, 2.24) is 0 Å². The third-order valence-corrected chi connectivity index (χ3v) is 2.38. The summed E-state index contributed by atoms with van der Waals surface area (Å²) in [6.45, 7) is 0. The number of amides is 1. The van der Waals surface area contributed by atoms with Gasteiger partial charge in [0.2, 0.25) is 5.91 Å². The molecular formula is C14H17NO2. The average molecular weight is 231 g/mol. The Morgan fingerprint density at radius 2 is 1.94 bits per heavy atom. The van der Waals surface area contributed by atoms with Crippen LogP contribution in [0.2, 0.25) is 0 Å². The second kappa shape index (κ2) is 7.34. The number of rotatable bonds is 6. The van der Waals surface area contributed by atoms with Crippen LogP contribution in [0.15, 0.2) is 24.3 Å². The van der Waals surface area contributed by atoms with Crippen LogP contribution >= 0.6 is 0 Å². The molecule has 3 heteroatoms. The van der Waals surface area contributed by atoms with E-state index in [9.17, 15) is 4.79 Å². The number of terminal acetylenes is 1. The Labute approximate surface area is 102 Å². The quantitative estimate of drug-likeness (QED) is 0.449. The maximum absolute atomic E-state index is 11.5. The molecular weight excluding hydrogens is 214 g/mol. The van der Waals surface area contributed by atoms with E-state index in [0.717, 1.165) is 25.7 Å². The highest BCUT2D eigenvalue weighted by Gasteiger charge is 2.01. The second-order valence-corrected chi connectivity index (χ2v) is 3.86. The lowest BCUT2D eigenvalue weighted by molar-refractivity contribution is -0.116. The summed E-state index contributed by atoms with van der Waals surface area (Å²) in [5, 5.41) is 11.9. The van der Waals surface area contributed by atoms with E-state index in [1.54, 1.807) is 24.3 Å². The number of anilines is 1. The van der Waals surface area contributed by atoms with Crippen LogP contribution in [0.25, 0.3) is 0 Å². The first-order valence-electron chi connectivity index (χ1n) is 5.74. The fraction of sp³-hybridized carbons (Fsp3) is 0.357. The van der Waals surface area contributed by atoms with Gasteiger partial charge in [0.25, 0.3) is 0 Å². The third kappa shape index (κ3) is 5.62. The summed E-state index contributed by atoms with van der Waals surface area (Å²) in [6.07, 6.45) is 9.23. The van der Waals surface area contributed by atoms with Crippen molar-refractivity contribution in [2.24, 2.45) is 0 Å². The van der Waals surface area contributed by atoms with Crippen LogP contribution < -0.4 is 5.32 Å². The molecule has 1 aromatic rings. The average Bonchev–Trinajstić information content (AvgIpc) is 2.32. The minimum atomic E-state index is -0.00334. The van der Waals surface area contributed by atoms with Crippen molar-refractivity contribution in [3.63, 3.8) is 0 Å². The number of hydrogen-bond donors (Lipinski definition) is 2. The highest BCUT2D eigenvalue weighted by atomic mass is 16.3. The molecule has 3 nitrogen and oxygen atoms in total. The molecule has 0 saturated carbocycles. The number of phenols is 1. The van der Waals surface area contributed by atoms with Crippen molar-refractivity contribution < 1.29 is 9.90 Å². The number of phenolic OH excluding ortho intramolecular Hbond substituents is 1. The van der Waals surface area contributed by atoms with Gasteiger partial charge in [-0.1, -0.05) is 6.42 Å². The summed E-state index contributed by atoms with van der Waals surface area (Å²) < 4.78 is 0. The number of hydrogen-bond acceptors (Lipinski definition) is 2. The summed E-state index contributed by atoms with van der Waals surface area (Å²) in [7, 11) is 0. The van der Waals surface area contributed by atoms with E-state index in [2.05, 4.69) is 11.2 Å². The second-order valence-electron chi connectivity index (χ2n) is 3.86. The Hall–Kier alpha value is -1.95. The minimum absolute atomic E-state index is 0.00334. The van der Waals surface area contributed by atoms with Crippen LogP contribution in [0.3, 0.4) is 0 Å². The van der Waals surface area contributed by atoms with Crippen molar-refractivity contribution in [3.8, 4) is 18.1 Å².